The smallest absolute Gasteiger partial charge is 0.349 e. The number of nitrogens with zero attached hydrogens (tertiary/aromatic N) is 1. The fourth-order valence-electron chi connectivity index (χ4n) is 0.834. The summed E-state index contributed by atoms with van der Waals surface area (Å²) >= 11 is 0. The van der Waals surface area contributed by atoms with Gasteiger partial charge in [0, 0.05) is 11.6 Å². The Bertz CT molecular complexity index is 391. The minimum Gasteiger partial charge on any atom is -0.508 e. The van der Waals surface area contributed by atoms with Gasteiger partial charge in [-0.3, -0.25) is 5.43 Å². The average Bonchev–Trinajstić information content (AvgIpc) is 2.21. The summed E-state index contributed by atoms with van der Waals surface area (Å²) in [6.07, 6.45) is 1.21. The van der Waals surface area contributed by atoms with Crippen LogP contribution in [0.2, 0.25) is 0 Å². The van der Waals surface area contributed by atoms with Crippen LogP contribution in [0, 0.1) is 0 Å². The summed E-state index contributed by atoms with van der Waals surface area (Å²) in [4.78, 5) is 10.6. The van der Waals surface area contributed by atoms with Gasteiger partial charge in [-0.2, -0.15) is 5.10 Å². The monoisotopic (exact) mass is 210 g/mol. The Morgan fingerprint density at radius 1 is 1.47 bits per heavy atom. The van der Waals surface area contributed by atoms with E-state index in [1.165, 1.54) is 18.3 Å². The van der Waals surface area contributed by atoms with E-state index in [4.69, 9.17) is 10.9 Å². The third-order valence-electron chi connectivity index (χ3n) is 1.51. The molecule has 1 aromatic rings. The van der Waals surface area contributed by atoms with Crippen LogP contribution in [0.15, 0.2) is 23.3 Å². The van der Waals surface area contributed by atoms with Gasteiger partial charge in [-0.25, -0.2) is 16.1 Å². The maximum Gasteiger partial charge on any atom is 0.349 e. The van der Waals surface area contributed by atoms with Crippen molar-refractivity contribution in [3.05, 3.63) is 23.8 Å². The number of carbonyl (C=O) groups excluding carboxylic acids is 1. The molecule has 80 valence electrons. The number of phenols is 2. The summed E-state index contributed by atoms with van der Waals surface area (Å²) in [5, 5.41) is 21.8. The minimum atomic E-state index is -0.676. The number of hydrazone groups is 1. The van der Waals surface area contributed by atoms with E-state index in [0.29, 0.717) is 5.56 Å². The van der Waals surface area contributed by atoms with Crippen molar-refractivity contribution >= 4 is 12.2 Å². The molecule has 0 aliphatic heterocycles. The predicted molar refractivity (Wildman–Crippen MR) is 53.2 cm³/mol. The lowest BCUT2D eigenvalue weighted by atomic mass is 10.2. The Balaban J connectivity index is 2.68. The van der Waals surface area contributed by atoms with Gasteiger partial charge in [-0.15, -0.1) is 0 Å². The molecule has 0 radical (unpaired) electrons. The first-order chi connectivity index (χ1) is 7.13. The molecule has 0 bridgehead atoms. The second-order valence-corrected chi connectivity index (χ2v) is 2.59. The molecule has 0 unspecified atom stereocenters. The summed E-state index contributed by atoms with van der Waals surface area (Å²) in [7, 11) is 0. The summed E-state index contributed by atoms with van der Waals surface area (Å²) in [5.74, 6) is 4.58. The number of rotatable bonds is 2. The first kappa shape index (κ1) is 10.8. The fourth-order valence-corrected chi connectivity index (χ4v) is 0.834. The van der Waals surface area contributed by atoms with E-state index in [-0.39, 0.29) is 11.5 Å². The van der Waals surface area contributed by atoms with Gasteiger partial charge in [-0.05, 0) is 12.1 Å². The highest BCUT2D eigenvalue weighted by atomic mass is 16.3. The molecule has 0 aliphatic carbocycles. The topological polar surface area (TPSA) is 120 Å². The number of nitrogens with one attached hydrogen (secondary N) is 2. The Kier molecular flexibility index (Phi) is 3.47. The molecule has 0 saturated heterocycles. The standard InChI is InChI=1S/C8H10N4O3/c9-11-8(15)12-10-4-5-1-2-6(13)3-7(5)14/h1-4,13-14H,9H2,(H2,11,12,15)/b10-4+. The summed E-state index contributed by atoms with van der Waals surface area (Å²) in [5.41, 5.74) is 4.20. The summed E-state index contributed by atoms with van der Waals surface area (Å²) in [6, 6.07) is 3.30. The third kappa shape index (κ3) is 3.16. The highest BCUT2D eigenvalue weighted by Crippen LogP contribution is 2.20. The number of benzene rings is 1. The van der Waals surface area contributed by atoms with Gasteiger partial charge in [0.2, 0.25) is 0 Å². The van der Waals surface area contributed by atoms with E-state index in [1.54, 1.807) is 0 Å². The van der Waals surface area contributed by atoms with E-state index in [1.807, 2.05) is 10.9 Å². The first-order valence-corrected chi connectivity index (χ1v) is 3.95. The van der Waals surface area contributed by atoms with Gasteiger partial charge in [0.15, 0.2) is 0 Å². The molecule has 7 nitrogen and oxygen atoms in total. The molecule has 7 heteroatoms. The molecule has 0 fully saturated rings. The van der Waals surface area contributed by atoms with Crippen molar-refractivity contribution in [1.82, 2.24) is 10.9 Å². The van der Waals surface area contributed by atoms with E-state index >= 15 is 0 Å². The Hall–Kier alpha value is -2.28. The molecule has 2 amide bonds. The zero-order valence-electron chi connectivity index (χ0n) is 7.64. The maximum absolute atomic E-state index is 10.6. The molecular formula is C8H10N4O3. The van der Waals surface area contributed by atoms with Crippen molar-refractivity contribution < 1.29 is 15.0 Å². The highest BCUT2D eigenvalue weighted by Gasteiger charge is 1.99. The first-order valence-electron chi connectivity index (χ1n) is 3.95. The number of phenolic OH excluding ortho intramolecular Hbond substituents is 2. The van der Waals surface area contributed by atoms with Crippen molar-refractivity contribution in [2.24, 2.45) is 10.9 Å². The lowest BCUT2D eigenvalue weighted by Gasteiger charge is -1.99. The molecule has 15 heavy (non-hydrogen) atoms. The number of hydrazine groups is 1. The van der Waals surface area contributed by atoms with Crippen LogP contribution in [0.4, 0.5) is 4.79 Å². The molecule has 1 aromatic carbocycles. The van der Waals surface area contributed by atoms with Gasteiger partial charge in [0.1, 0.15) is 11.5 Å². The number of hydrogen-bond acceptors (Lipinski definition) is 5. The van der Waals surface area contributed by atoms with Gasteiger partial charge in [0.05, 0.1) is 6.21 Å². The molecule has 0 aliphatic rings. The maximum atomic E-state index is 10.6. The van der Waals surface area contributed by atoms with Gasteiger partial charge < -0.3 is 10.2 Å². The fraction of sp³-hybridized carbons (Fsp3) is 0. The van der Waals surface area contributed by atoms with Crippen LogP contribution < -0.4 is 16.7 Å². The number of hydrogen-bond donors (Lipinski definition) is 5. The van der Waals surface area contributed by atoms with Crippen molar-refractivity contribution in [1.29, 1.82) is 0 Å². The van der Waals surface area contributed by atoms with E-state index in [2.05, 4.69) is 5.10 Å². The minimum absolute atomic E-state index is 0.0580. The van der Waals surface area contributed by atoms with Gasteiger partial charge >= 0.3 is 6.03 Å². The van der Waals surface area contributed by atoms with Crippen LogP contribution in [-0.4, -0.2) is 22.5 Å². The third-order valence-corrected chi connectivity index (χ3v) is 1.51. The average molecular weight is 210 g/mol. The van der Waals surface area contributed by atoms with Crippen molar-refractivity contribution in [2.75, 3.05) is 0 Å². The van der Waals surface area contributed by atoms with Crippen LogP contribution in [0.5, 0.6) is 11.5 Å². The zero-order valence-corrected chi connectivity index (χ0v) is 7.64. The van der Waals surface area contributed by atoms with E-state index in [0.717, 1.165) is 6.07 Å². The molecule has 6 N–H and O–H groups in total. The summed E-state index contributed by atoms with van der Waals surface area (Å²) in [6.45, 7) is 0. The van der Waals surface area contributed by atoms with Crippen molar-refractivity contribution in [2.45, 2.75) is 0 Å². The van der Waals surface area contributed by atoms with Crippen LogP contribution in [-0.2, 0) is 0 Å². The molecule has 0 aromatic heterocycles. The Labute approximate surface area is 85.2 Å². The molecule has 0 heterocycles. The van der Waals surface area contributed by atoms with E-state index in [9.17, 15) is 9.90 Å². The molecular weight excluding hydrogens is 200 g/mol. The largest absolute Gasteiger partial charge is 0.508 e. The van der Waals surface area contributed by atoms with Crippen molar-refractivity contribution in [3.63, 3.8) is 0 Å². The van der Waals surface area contributed by atoms with E-state index < -0.39 is 6.03 Å². The zero-order chi connectivity index (χ0) is 11.3. The van der Waals surface area contributed by atoms with Crippen LogP contribution in [0.25, 0.3) is 0 Å². The lowest BCUT2D eigenvalue weighted by Crippen LogP contribution is -2.37. The van der Waals surface area contributed by atoms with Crippen LogP contribution in [0.3, 0.4) is 0 Å². The summed E-state index contributed by atoms with van der Waals surface area (Å²) < 4.78 is 0. The number of carbonyl (C=O) groups is 1. The number of urea groups is 1. The lowest BCUT2D eigenvalue weighted by molar-refractivity contribution is 0.241. The van der Waals surface area contributed by atoms with Gasteiger partial charge in [0.25, 0.3) is 0 Å². The second kappa shape index (κ2) is 4.82. The van der Waals surface area contributed by atoms with Gasteiger partial charge in [-0.1, -0.05) is 0 Å². The number of aromatic hydroxyl groups is 2. The van der Waals surface area contributed by atoms with Crippen molar-refractivity contribution in [3.8, 4) is 11.5 Å². The molecule has 0 saturated carbocycles. The molecule has 0 spiro atoms. The van der Waals surface area contributed by atoms with Crippen LogP contribution >= 0.6 is 0 Å². The van der Waals surface area contributed by atoms with Crippen LogP contribution in [0.1, 0.15) is 5.56 Å². The molecule has 1 rings (SSSR count). The highest BCUT2D eigenvalue weighted by molar-refractivity contribution is 5.84. The SMILES string of the molecule is NNC(=O)N/N=C/c1ccc(O)cc1O. The number of amides is 2. The second-order valence-electron chi connectivity index (χ2n) is 2.59. The molecule has 0 atom stereocenters. The normalized spacial score (nSPS) is 10.2. The Morgan fingerprint density at radius 3 is 2.80 bits per heavy atom. The predicted octanol–water partition coefficient (Wildman–Crippen LogP) is -0.395. The quantitative estimate of drug-likeness (QED) is 0.197. The Morgan fingerprint density at radius 2 is 2.20 bits per heavy atom. The number of nitrogens with two attached hydrogens (primary N) is 1.